The topological polar surface area (TPSA) is 15.3 Å². The summed E-state index contributed by atoms with van der Waals surface area (Å²) in [5, 5.41) is 3.34. The van der Waals surface area contributed by atoms with Crippen LogP contribution in [0.15, 0.2) is 48.5 Å². The summed E-state index contributed by atoms with van der Waals surface area (Å²) in [6.07, 6.45) is 0. The normalized spacial score (nSPS) is 19.1. The van der Waals surface area contributed by atoms with E-state index >= 15 is 0 Å². The summed E-state index contributed by atoms with van der Waals surface area (Å²) >= 11 is 0. The molecule has 2 nitrogen and oxygen atoms in total. The van der Waals surface area contributed by atoms with Gasteiger partial charge in [0.2, 0.25) is 0 Å². The maximum absolute atomic E-state index is 14.9. The van der Waals surface area contributed by atoms with Gasteiger partial charge in [0.25, 0.3) is 0 Å². The smallest absolute Gasteiger partial charge is 0.154 e. The van der Waals surface area contributed by atoms with Crippen LogP contribution in [0.5, 0.6) is 0 Å². The molecule has 0 bridgehead atoms. The quantitative estimate of drug-likeness (QED) is 0.901. The van der Waals surface area contributed by atoms with Crippen molar-refractivity contribution in [2.45, 2.75) is 13.0 Å². The molecule has 0 aliphatic carbocycles. The van der Waals surface area contributed by atoms with Gasteiger partial charge in [-0.2, -0.15) is 0 Å². The Morgan fingerprint density at radius 3 is 2.65 bits per heavy atom. The van der Waals surface area contributed by atoms with Crippen LogP contribution in [0, 0.1) is 5.82 Å². The molecule has 0 saturated carbocycles. The third kappa shape index (κ3) is 2.41. The van der Waals surface area contributed by atoms with Crippen LogP contribution in [-0.4, -0.2) is 25.7 Å². The molecular formula is C17H19FN2. The van der Waals surface area contributed by atoms with Crippen LogP contribution in [0.2, 0.25) is 0 Å². The molecule has 0 radical (unpaired) electrons. The van der Waals surface area contributed by atoms with Crippen LogP contribution < -0.4 is 10.2 Å². The fourth-order valence-corrected chi connectivity index (χ4v) is 2.78. The number of nitrogens with zero attached hydrogens (tertiary/aromatic N) is 1. The number of rotatable bonds is 2. The average Bonchev–Trinajstić information content (AvgIpc) is 2.49. The SMILES string of the molecule is C[C@H]1CNCCN1c1cccc(-c2ccccc2)c1F. The maximum atomic E-state index is 14.9. The van der Waals surface area contributed by atoms with Crippen molar-refractivity contribution >= 4 is 5.69 Å². The zero-order valence-corrected chi connectivity index (χ0v) is 11.6. The highest BCUT2D eigenvalue weighted by molar-refractivity contribution is 5.70. The first kappa shape index (κ1) is 13.1. The number of hydrogen-bond acceptors (Lipinski definition) is 2. The number of nitrogens with one attached hydrogen (secondary N) is 1. The molecular weight excluding hydrogens is 251 g/mol. The highest BCUT2D eigenvalue weighted by Gasteiger charge is 2.22. The Morgan fingerprint density at radius 2 is 1.90 bits per heavy atom. The highest BCUT2D eigenvalue weighted by atomic mass is 19.1. The van der Waals surface area contributed by atoms with E-state index in [2.05, 4.69) is 17.1 Å². The minimum absolute atomic E-state index is 0.118. The number of piperazine rings is 1. The summed E-state index contributed by atoms with van der Waals surface area (Å²) < 4.78 is 14.9. The molecule has 0 aromatic heterocycles. The first-order valence-corrected chi connectivity index (χ1v) is 7.08. The molecule has 1 saturated heterocycles. The second kappa shape index (κ2) is 5.63. The second-order valence-electron chi connectivity index (χ2n) is 5.25. The van der Waals surface area contributed by atoms with E-state index in [0.29, 0.717) is 17.3 Å². The lowest BCUT2D eigenvalue weighted by molar-refractivity contribution is 0.491. The van der Waals surface area contributed by atoms with Gasteiger partial charge in [0.05, 0.1) is 5.69 Å². The molecule has 1 aliphatic rings. The zero-order chi connectivity index (χ0) is 13.9. The second-order valence-corrected chi connectivity index (χ2v) is 5.25. The van der Waals surface area contributed by atoms with Crippen LogP contribution in [-0.2, 0) is 0 Å². The predicted molar refractivity (Wildman–Crippen MR) is 81.5 cm³/mol. The van der Waals surface area contributed by atoms with Crippen LogP contribution in [0.1, 0.15) is 6.92 Å². The molecule has 1 aliphatic heterocycles. The number of halogens is 1. The van der Waals surface area contributed by atoms with Crippen molar-refractivity contribution < 1.29 is 4.39 Å². The Kier molecular flexibility index (Phi) is 3.70. The molecule has 1 fully saturated rings. The van der Waals surface area contributed by atoms with Gasteiger partial charge < -0.3 is 10.2 Å². The minimum atomic E-state index is -0.118. The van der Waals surface area contributed by atoms with Gasteiger partial charge >= 0.3 is 0 Å². The van der Waals surface area contributed by atoms with Crippen LogP contribution >= 0.6 is 0 Å². The van der Waals surface area contributed by atoms with Gasteiger partial charge in [-0.05, 0) is 18.6 Å². The summed E-state index contributed by atoms with van der Waals surface area (Å²) in [5.74, 6) is -0.118. The third-order valence-corrected chi connectivity index (χ3v) is 3.87. The fourth-order valence-electron chi connectivity index (χ4n) is 2.78. The molecule has 3 heteroatoms. The van der Waals surface area contributed by atoms with Crippen molar-refractivity contribution in [2.24, 2.45) is 0 Å². The summed E-state index contributed by atoms with van der Waals surface area (Å²) in [7, 11) is 0. The Hall–Kier alpha value is -1.87. The molecule has 1 atom stereocenters. The van der Waals surface area contributed by atoms with E-state index in [-0.39, 0.29) is 5.82 Å². The van der Waals surface area contributed by atoms with Crippen LogP contribution in [0.4, 0.5) is 10.1 Å². The Labute approximate surface area is 119 Å². The summed E-state index contributed by atoms with van der Waals surface area (Å²) in [4.78, 5) is 2.15. The summed E-state index contributed by atoms with van der Waals surface area (Å²) in [6, 6.07) is 15.7. The molecule has 3 rings (SSSR count). The van der Waals surface area contributed by atoms with Gasteiger partial charge in [-0.1, -0.05) is 42.5 Å². The lowest BCUT2D eigenvalue weighted by Crippen LogP contribution is -2.50. The standard InChI is InChI=1S/C17H19FN2/c1-13-12-19-10-11-20(13)16-9-5-8-15(17(16)18)14-6-3-2-4-7-14/h2-9,13,19H,10-12H2,1H3/t13-/m0/s1. The van der Waals surface area contributed by atoms with Gasteiger partial charge in [-0.15, -0.1) is 0 Å². The maximum Gasteiger partial charge on any atom is 0.154 e. The van der Waals surface area contributed by atoms with Crippen molar-refractivity contribution in [3.05, 3.63) is 54.3 Å². The van der Waals surface area contributed by atoms with E-state index in [1.54, 1.807) is 0 Å². The molecule has 0 amide bonds. The van der Waals surface area contributed by atoms with Gasteiger partial charge in [0, 0.05) is 31.2 Å². The molecule has 0 spiro atoms. The van der Waals surface area contributed by atoms with E-state index in [9.17, 15) is 4.39 Å². The lowest BCUT2D eigenvalue weighted by atomic mass is 10.0. The molecule has 20 heavy (non-hydrogen) atoms. The number of hydrogen-bond donors (Lipinski definition) is 1. The number of anilines is 1. The summed E-state index contributed by atoms with van der Waals surface area (Å²) in [5.41, 5.74) is 2.31. The largest absolute Gasteiger partial charge is 0.364 e. The molecule has 1 N–H and O–H groups in total. The van der Waals surface area contributed by atoms with Crippen molar-refractivity contribution in [3.63, 3.8) is 0 Å². The first-order chi connectivity index (χ1) is 9.77. The Balaban J connectivity index is 2.01. The van der Waals surface area contributed by atoms with Gasteiger partial charge in [-0.25, -0.2) is 4.39 Å². The van der Waals surface area contributed by atoms with Gasteiger partial charge in [-0.3, -0.25) is 0 Å². The number of benzene rings is 2. The lowest BCUT2D eigenvalue weighted by Gasteiger charge is -2.36. The van der Waals surface area contributed by atoms with Crippen molar-refractivity contribution in [1.29, 1.82) is 0 Å². The summed E-state index contributed by atoms with van der Waals surface area (Å²) in [6.45, 7) is 4.77. The Bertz CT molecular complexity index is 583. The monoisotopic (exact) mass is 270 g/mol. The molecule has 2 aromatic carbocycles. The van der Waals surface area contributed by atoms with E-state index in [1.165, 1.54) is 0 Å². The van der Waals surface area contributed by atoms with E-state index in [4.69, 9.17) is 0 Å². The van der Waals surface area contributed by atoms with E-state index in [0.717, 1.165) is 25.2 Å². The predicted octanol–water partition coefficient (Wildman–Crippen LogP) is 3.29. The third-order valence-electron chi connectivity index (χ3n) is 3.87. The zero-order valence-electron chi connectivity index (χ0n) is 11.6. The molecule has 1 heterocycles. The molecule has 104 valence electrons. The van der Waals surface area contributed by atoms with Crippen molar-refractivity contribution in [3.8, 4) is 11.1 Å². The van der Waals surface area contributed by atoms with Crippen molar-refractivity contribution in [2.75, 3.05) is 24.5 Å². The van der Waals surface area contributed by atoms with E-state index < -0.39 is 0 Å². The van der Waals surface area contributed by atoms with Crippen LogP contribution in [0.25, 0.3) is 11.1 Å². The van der Waals surface area contributed by atoms with Crippen molar-refractivity contribution in [1.82, 2.24) is 5.32 Å². The minimum Gasteiger partial charge on any atom is -0.364 e. The Morgan fingerprint density at radius 1 is 1.10 bits per heavy atom. The fraction of sp³-hybridized carbons (Fsp3) is 0.294. The van der Waals surface area contributed by atoms with Gasteiger partial charge in [0.15, 0.2) is 5.82 Å². The average molecular weight is 270 g/mol. The first-order valence-electron chi connectivity index (χ1n) is 7.08. The molecule has 2 aromatic rings. The van der Waals surface area contributed by atoms with Crippen LogP contribution in [0.3, 0.4) is 0 Å². The highest BCUT2D eigenvalue weighted by Crippen LogP contribution is 2.30. The van der Waals surface area contributed by atoms with E-state index in [1.807, 2.05) is 48.5 Å². The molecule has 0 unspecified atom stereocenters. The van der Waals surface area contributed by atoms with Gasteiger partial charge in [0.1, 0.15) is 0 Å².